The molecule has 0 saturated heterocycles. The first-order valence-corrected chi connectivity index (χ1v) is 9.06. The van der Waals surface area contributed by atoms with E-state index < -0.39 is 0 Å². The summed E-state index contributed by atoms with van der Waals surface area (Å²) in [5.41, 5.74) is 5.85. The SMILES string of the molecule is Cc1ccc2[nH]c3c(c2c1)CCC(NC(=O)c1ccccc1Br)C3. The van der Waals surface area contributed by atoms with E-state index in [4.69, 9.17) is 0 Å². The van der Waals surface area contributed by atoms with E-state index in [9.17, 15) is 4.79 Å². The number of H-pyrrole nitrogens is 1. The minimum atomic E-state index is -0.0112. The zero-order valence-electron chi connectivity index (χ0n) is 13.5. The molecule has 2 aromatic carbocycles. The Kier molecular flexibility index (Phi) is 3.93. The van der Waals surface area contributed by atoms with Crippen LogP contribution in [0, 0.1) is 6.92 Å². The van der Waals surface area contributed by atoms with Crippen LogP contribution in [-0.2, 0) is 12.8 Å². The number of nitrogens with one attached hydrogen (secondary N) is 2. The number of carbonyl (C=O) groups is 1. The van der Waals surface area contributed by atoms with Gasteiger partial charge in [0.25, 0.3) is 5.91 Å². The van der Waals surface area contributed by atoms with Crippen LogP contribution in [0.25, 0.3) is 10.9 Å². The van der Waals surface area contributed by atoms with E-state index >= 15 is 0 Å². The average molecular weight is 383 g/mol. The Morgan fingerprint density at radius 2 is 2.08 bits per heavy atom. The molecular formula is C20H19BrN2O. The van der Waals surface area contributed by atoms with Crippen molar-refractivity contribution in [3.8, 4) is 0 Å². The molecule has 1 aliphatic rings. The van der Waals surface area contributed by atoms with Gasteiger partial charge in [-0.1, -0.05) is 23.8 Å². The number of aromatic nitrogens is 1. The summed E-state index contributed by atoms with van der Waals surface area (Å²) in [5, 5.41) is 4.52. The summed E-state index contributed by atoms with van der Waals surface area (Å²) >= 11 is 3.45. The van der Waals surface area contributed by atoms with Gasteiger partial charge in [-0.25, -0.2) is 0 Å². The Hall–Kier alpha value is -2.07. The van der Waals surface area contributed by atoms with Crippen LogP contribution in [0.3, 0.4) is 0 Å². The van der Waals surface area contributed by atoms with Crippen molar-refractivity contribution >= 4 is 32.7 Å². The van der Waals surface area contributed by atoms with E-state index in [1.54, 1.807) is 0 Å². The number of carbonyl (C=O) groups excluding carboxylic acids is 1. The third-order valence-electron chi connectivity index (χ3n) is 4.80. The van der Waals surface area contributed by atoms with Crippen LogP contribution in [-0.4, -0.2) is 16.9 Å². The molecule has 24 heavy (non-hydrogen) atoms. The van der Waals surface area contributed by atoms with E-state index in [-0.39, 0.29) is 11.9 Å². The molecule has 1 aromatic heterocycles. The molecule has 122 valence electrons. The van der Waals surface area contributed by atoms with Crippen LogP contribution >= 0.6 is 15.9 Å². The number of aryl methyl sites for hydroxylation is 2. The second-order valence-corrected chi connectivity index (χ2v) is 7.38. The normalized spacial score (nSPS) is 16.8. The molecule has 1 unspecified atom stereocenters. The van der Waals surface area contributed by atoms with Crippen molar-refractivity contribution in [2.24, 2.45) is 0 Å². The number of hydrogen-bond donors (Lipinski definition) is 2. The van der Waals surface area contributed by atoms with Gasteiger partial charge < -0.3 is 10.3 Å². The summed E-state index contributed by atoms with van der Waals surface area (Å²) < 4.78 is 0.833. The van der Waals surface area contributed by atoms with Crippen LogP contribution in [0.1, 0.15) is 33.6 Å². The molecule has 0 aliphatic heterocycles. The van der Waals surface area contributed by atoms with Crippen molar-refractivity contribution in [2.75, 3.05) is 0 Å². The third-order valence-corrected chi connectivity index (χ3v) is 5.49. The molecule has 3 nitrogen and oxygen atoms in total. The molecule has 3 aromatic rings. The maximum atomic E-state index is 12.5. The van der Waals surface area contributed by atoms with Gasteiger partial charge in [-0.3, -0.25) is 4.79 Å². The molecule has 4 rings (SSSR count). The molecule has 4 heteroatoms. The van der Waals surface area contributed by atoms with E-state index in [0.717, 1.165) is 23.7 Å². The van der Waals surface area contributed by atoms with E-state index in [2.05, 4.69) is 51.4 Å². The molecule has 1 amide bonds. The largest absolute Gasteiger partial charge is 0.358 e. The fourth-order valence-electron chi connectivity index (χ4n) is 3.58. The quantitative estimate of drug-likeness (QED) is 0.671. The predicted molar refractivity (Wildman–Crippen MR) is 100 cm³/mol. The number of fused-ring (bicyclic) bond motifs is 3. The summed E-state index contributed by atoms with van der Waals surface area (Å²) in [6.07, 6.45) is 2.84. The lowest BCUT2D eigenvalue weighted by atomic mass is 9.91. The van der Waals surface area contributed by atoms with Gasteiger partial charge >= 0.3 is 0 Å². The first kappa shape index (κ1) is 15.5. The molecule has 0 fully saturated rings. The molecule has 1 aliphatic carbocycles. The third kappa shape index (κ3) is 2.75. The molecule has 1 atom stereocenters. The van der Waals surface area contributed by atoms with Gasteiger partial charge in [0.05, 0.1) is 5.56 Å². The predicted octanol–water partition coefficient (Wildman–Crippen LogP) is 4.53. The highest BCUT2D eigenvalue weighted by Gasteiger charge is 2.24. The molecule has 0 bridgehead atoms. The van der Waals surface area contributed by atoms with Gasteiger partial charge in [0, 0.05) is 33.5 Å². The number of amides is 1. The zero-order valence-corrected chi connectivity index (χ0v) is 15.1. The monoisotopic (exact) mass is 382 g/mol. The second-order valence-electron chi connectivity index (χ2n) is 6.52. The fraction of sp³-hybridized carbons (Fsp3) is 0.250. The lowest BCUT2D eigenvalue weighted by Gasteiger charge is -2.23. The Morgan fingerprint density at radius 3 is 2.92 bits per heavy atom. The van der Waals surface area contributed by atoms with Crippen LogP contribution < -0.4 is 5.32 Å². The van der Waals surface area contributed by atoms with Crippen LogP contribution in [0.15, 0.2) is 46.9 Å². The van der Waals surface area contributed by atoms with Crippen molar-refractivity contribution < 1.29 is 4.79 Å². The van der Waals surface area contributed by atoms with Gasteiger partial charge in [-0.2, -0.15) is 0 Å². The summed E-state index contributed by atoms with van der Waals surface area (Å²) in [5.74, 6) is -0.0112. The van der Waals surface area contributed by atoms with Crippen LogP contribution in [0.2, 0.25) is 0 Å². The molecule has 2 N–H and O–H groups in total. The minimum Gasteiger partial charge on any atom is -0.358 e. The van der Waals surface area contributed by atoms with Crippen molar-refractivity contribution in [2.45, 2.75) is 32.2 Å². The Bertz CT molecular complexity index is 929. The number of aromatic amines is 1. The van der Waals surface area contributed by atoms with Gasteiger partial charge in [0.15, 0.2) is 0 Å². The standard InChI is InChI=1S/C20H19BrN2O/c1-12-6-9-18-16(10-12)14-8-7-13(11-19(14)23-18)22-20(24)15-4-2-3-5-17(15)21/h2-6,9-10,13,23H,7-8,11H2,1H3,(H,22,24). The van der Waals surface area contributed by atoms with Crippen molar-refractivity contribution in [3.05, 3.63) is 69.3 Å². The number of hydrogen-bond acceptors (Lipinski definition) is 1. The van der Waals surface area contributed by atoms with E-state index in [1.165, 1.54) is 27.7 Å². The highest BCUT2D eigenvalue weighted by molar-refractivity contribution is 9.10. The second kappa shape index (κ2) is 6.10. The highest BCUT2D eigenvalue weighted by Crippen LogP contribution is 2.30. The highest BCUT2D eigenvalue weighted by atomic mass is 79.9. The first-order chi connectivity index (χ1) is 11.6. The first-order valence-electron chi connectivity index (χ1n) is 8.27. The van der Waals surface area contributed by atoms with Crippen molar-refractivity contribution in [3.63, 3.8) is 0 Å². The van der Waals surface area contributed by atoms with E-state index in [1.807, 2.05) is 24.3 Å². The smallest absolute Gasteiger partial charge is 0.252 e. The summed E-state index contributed by atoms with van der Waals surface area (Å²) in [6, 6.07) is 14.3. The maximum Gasteiger partial charge on any atom is 0.252 e. The van der Waals surface area contributed by atoms with Crippen molar-refractivity contribution in [1.29, 1.82) is 0 Å². The van der Waals surface area contributed by atoms with E-state index in [0.29, 0.717) is 5.56 Å². The summed E-state index contributed by atoms with van der Waals surface area (Å²) in [6.45, 7) is 2.13. The fourth-order valence-corrected chi connectivity index (χ4v) is 4.04. The van der Waals surface area contributed by atoms with Gasteiger partial charge in [0.2, 0.25) is 0 Å². The number of benzene rings is 2. The zero-order chi connectivity index (χ0) is 16.7. The topological polar surface area (TPSA) is 44.9 Å². The average Bonchev–Trinajstić information content (AvgIpc) is 2.92. The number of rotatable bonds is 2. The minimum absolute atomic E-state index is 0.0112. The molecule has 1 heterocycles. The van der Waals surface area contributed by atoms with Crippen LogP contribution in [0.5, 0.6) is 0 Å². The van der Waals surface area contributed by atoms with Crippen LogP contribution in [0.4, 0.5) is 0 Å². The number of halogens is 1. The Labute approximate surface area is 149 Å². The Morgan fingerprint density at radius 1 is 1.25 bits per heavy atom. The molecule has 0 spiro atoms. The van der Waals surface area contributed by atoms with Gasteiger partial charge in [0.1, 0.15) is 0 Å². The summed E-state index contributed by atoms with van der Waals surface area (Å²) in [7, 11) is 0. The lowest BCUT2D eigenvalue weighted by molar-refractivity contribution is 0.0933. The van der Waals surface area contributed by atoms with Gasteiger partial charge in [-0.05, 0) is 65.5 Å². The Balaban J connectivity index is 1.55. The lowest BCUT2D eigenvalue weighted by Crippen LogP contribution is -2.38. The van der Waals surface area contributed by atoms with Gasteiger partial charge in [-0.15, -0.1) is 0 Å². The van der Waals surface area contributed by atoms with Crippen molar-refractivity contribution in [1.82, 2.24) is 10.3 Å². The maximum absolute atomic E-state index is 12.5. The molecule has 0 radical (unpaired) electrons. The molecule has 0 saturated carbocycles. The molecular weight excluding hydrogens is 364 g/mol. The summed E-state index contributed by atoms with van der Waals surface area (Å²) in [4.78, 5) is 16.0.